The molecule has 0 bridgehead atoms. The first-order valence-electron chi connectivity index (χ1n) is 9.30. The Bertz CT molecular complexity index is 1400. The van der Waals surface area contributed by atoms with Gasteiger partial charge in [0.1, 0.15) is 11.6 Å². The van der Waals surface area contributed by atoms with Gasteiger partial charge < -0.3 is 0 Å². The third kappa shape index (κ3) is 3.87. The van der Waals surface area contributed by atoms with E-state index in [1.165, 1.54) is 49.1 Å². The molecule has 0 saturated heterocycles. The van der Waals surface area contributed by atoms with Crippen LogP contribution in [0.1, 0.15) is 11.1 Å². The maximum atomic E-state index is 13.3. The first-order chi connectivity index (χ1) is 14.8. The number of rotatable bonds is 5. The van der Waals surface area contributed by atoms with Gasteiger partial charge in [-0.3, -0.25) is 18.5 Å². The van der Waals surface area contributed by atoms with E-state index in [0.717, 1.165) is 10.1 Å². The van der Waals surface area contributed by atoms with Gasteiger partial charge in [0.25, 0.3) is 5.56 Å². The molecule has 0 spiro atoms. The van der Waals surface area contributed by atoms with Gasteiger partial charge >= 0.3 is 5.69 Å². The SMILES string of the molecule is Cn1c(=O)c2c(nc(N/N=C\c3ccc(F)cc3)n2Cc2ccc(F)cc2)n(C)c1=O. The molecule has 0 fully saturated rings. The highest BCUT2D eigenvalue weighted by atomic mass is 19.1. The lowest BCUT2D eigenvalue weighted by Gasteiger charge is -2.09. The predicted octanol–water partition coefficient (Wildman–Crippen LogP) is 2.21. The number of nitrogens with zero attached hydrogens (tertiary/aromatic N) is 5. The molecule has 4 aromatic rings. The number of halogens is 2. The van der Waals surface area contributed by atoms with E-state index in [0.29, 0.717) is 5.56 Å². The number of fused-ring (bicyclic) bond motifs is 1. The van der Waals surface area contributed by atoms with E-state index >= 15 is 0 Å². The van der Waals surface area contributed by atoms with Gasteiger partial charge in [0.15, 0.2) is 11.2 Å². The normalized spacial score (nSPS) is 11.5. The van der Waals surface area contributed by atoms with Crippen molar-refractivity contribution in [2.24, 2.45) is 19.2 Å². The van der Waals surface area contributed by atoms with Crippen molar-refractivity contribution in [3.63, 3.8) is 0 Å². The van der Waals surface area contributed by atoms with Crippen molar-refractivity contribution in [2.75, 3.05) is 5.43 Å². The Hall–Kier alpha value is -4.08. The Morgan fingerprint density at radius 3 is 2.23 bits per heavy atom. The Labute approximate surface area is 174 Å². The van der Waals surface area contributed by atoms with Crippen LogP contribution >= 0.6 is 0 Å². The van der Waals surface area contributed by atoms with E-state index in [2.05, 4.69) is 15.5 Å². The molecule has 0 aliphatic heterocycles. The number of hydrogen-bond donors (Lipinski definition) is 1. The molecule has 2 heterocycles. The monoisotopic (exact) mass is 424 g/mol. The summed E-state index contributed by atoms with van der Waals surface area (Å²) in [6.07, 6.45) is 1.47. The molecule has 10 heteroatoms. The highest BCUT2D eigenvalue weighted by molar-refractivity contribution is 5.80. The summed E-state index contributed by atoms with van der Waals surface area (Å²) in [7, 11) is 2.91. The highest BCUT2D eigenvalue weighted by Crippen LogP contribution is 2.18. The minimum atomic E-state index is -0.511. The molecule has 2 aromatic carbocycles. The molecule has 1 N–H and O–H groups in total. The van der Waals surface area contributed by atoms with Crippen LogP contribution in [-0.4, -0.2) is 24.9 Å². The van der Waals surface area contributed by atoms with Crippen molar-refractivity contribution < 1.29 is 8.78 Å². The summed E-state index contributed by atoms with van der Waals surface area (Å²) in [6.45, 7) is 0.193. The number of anilines is 1. The van der Waals surface area contributed by atoms with Crippen LogP contribution in [0.2, 0.25) is 0 Å². The summed E-state index contributed by atoms with van der Waals surface area (Å²) < 4.78 is 30.2. The van der Waals surface area contributed by atoms with Crippen LogP contribution in [0.3, 0.4) is 0 Å². The van der Waals surface area contributed by atoms with E-state index < -0.39 is 11.2 Å². The van der Waals surface area contributed by atoms with Gasteiger partial charge in [0.05, 0.1) is 12.8 Å². The van der Waals surface area contributed by atoms with Crippen molar-refractivity contribution in [2.45, 2.75) is 6.54 Å². The molecule has 158 valence electrons. The van der Waals surface area contributed by atoms with E-state index in [1.807, 2.05) is 0 Å². The molecule has 0 saturated carbocycles. The molecule has 4 rings (SSSR count). The Morgan fingerprint density at radius 2 is 1.58 bits per heavy atom. The van der Waals surface area contributed by atoms with Crippen molar-refractivity contribution in [1.82, 2.24) is 18.7 Å². The zero-order valence-electron chi connectivity index (χ0n) is 16.7. The molecule has 0 atom stereocenters. The molecule has 31 heavy (non-hydrogen) atoms. The summed E-state index contributed by atoms with van der Waals surface area (Å²) in [5.41, 5.74) is 3.53. The second-order valence-electron chi connectivity index (χ2n) is 6.95. The van der Waals surface area contributed by atoms with E-state index in [-0.39, 0.29) is 35.3 Å². The lowest BCUT2D eigenvalue weighted by molar-refractivity contribution is 0.626. The van der Waals surface area contributed by atoms with Crippen LogP contribution < -0.4 is 16.7 Å². The predicted molar refractivity (Wildman–Crippen MR) is 113 cm³/mol. The average Bonchev–Trinajstić information content (AvgIpc) is 3.12. The highest BCUT2D eigenvalue weighted by Gasteiger charge is 2.19. The summed E-state index contributed by atoms with van der Waals surface area (Å²) in [5.74, 6) is -0.515. The minimum absolute atomic E-state index is 0.190. The van der Waals surface area contributed by atoms with Crippen LogP contribution in [-0.2, 0) is 20.6 Å². The number of benzene rings is 2. The van der Waals surface area contributed by atoms with Gasteiger partial charge in [0.2, 0.25) is 5.95 Å². The second kappa shape index (κ2) is 7.98. The molecule has 0 unspecified atom stereocenters. The fraction of sp³-hybridized carbons (Fsp3) is 0.143. The van der Waals surface area contributed by atoms with E-state index in [4.69, 9.17) is 0 Å². The first kappa shape index (κ1) is 20.2. The molecule has 0 aliphatic rings. The fourth-order valence-corrected chi connectivity index (χ4v) is 3.17. The Morgan fingerprint density at radius 1 is 0.968 bits per heavy atom. The number of aryl methyl sites for hydroxylation is 1. The van der Waals surface area contributed by atoms with Gasteiger partial charge in [0, 0.05) is 14.1 Å². The van der Waals surface area contributed by atoms with Crippen LogP contribution in [0.5, 0.6) is 0 Å². The van der Waals surface area contributed by atoms with E-state index in [9.17, 15) is 18.4 Å². The van der Waals surface area contributed by atoms with Crippen molar-refractivity contribution in [1.29, 1.82) is 0 Å². The third-order valence-corrected chi connectivity index (χ3v) is 4.85. The van der Waals surface area contributed by atoms with Crippen molar-refractivity contribution >= 4 is 23.3 Å². The van der Waals surface area contributed by atoms with Crippen molar-refractivity contribution in [3.05, 3.63) is 92.1 Å². The number of hydrogen-bond acceptors (Lipinski definition) is 5. The average molecular weight is 424 g/mol. The van der Waals surface area contributed by atoms with E-state index in [1.54, 1.807) is 28.8 Å². The topological polar surface area (TPSA) is 86.2 Å². The van der Waals surface area contributed by atoms with Gasteiger partial charge in [-0.15, -0.1) is 0 Å². The quantitative estimate of drug-likeness (QED) is 0.393. The summed E-state index contributed by atoms with van der Waals surface area (Å²) >= 11 is 0. The smallest absolute Gasteiger partial charge is 0.298 e. The zero-order chi connectivity index (χ0) is 22.1. The lowest BCUT2D eigenvalue weighted by Crippen LogP contribution is -2.37. The standard InChI is InChI=1S/C21H18F2N6O2/c1-27-18-17(19(30)28(2)21(27)31)29(12-14-5-9-16(23)10-6-14)20(25-18)26-24-11-13-3-7-15(22)8-4-13/h3-11H,12H2,1-2H3,(H,25,26)/b24-11-. The largest absolute Gasteiger partial charge is 0.332 e. The third-order valence-electron chi connectivity index (χ3n) is 4.85. The fourth-order valence-electron chi connectivity index (χ4n) is 3.17. The lowest BCUT2D eigenvalue weighted by atomic mass is 10.2. The van der Waals surface area contributed by atoms with Gasteiger partial charge in [-0.05, 0) is 35.4 Å². The summed E-state index contributed by atoms with van der Waals surface area (Å²) in [5, 5.41) is 4.12. The Kier molecular flexibility index (Phi) is 5.20. The molecular formula is C21H18F2N6O2. The maximum absolute atomic E-state index is 13.3. The molecule has 2 aromatic heterocycles. The molecule has 0 aliphatic carbocycles. The molecule has 0 amide bonds. The maximum Gasteiger partial charge on any atom is 0.332 e. The van der Waals surface area contributed by atoms with Crippen LogP contribution in [0, 0.1) is 11.6 Å². The summed E-state index contributed by atoms with van der Waals surface area (Å²) in [6, 6.07) is 11.6. The number of aromatic nitrogens is 4. The van der Waals surface area contributed by atoms with Gasteiger partial charge in [-0.1, -0.05) is 24.3 Å². The minimum Gasteiger partial charge on any atom is -0.298 e. The van der Waals surface area contributed by atoms with Crippen molar-refractivity contribution in [3.8, 4) is 0 Å². The number of imidazole rings is 1. The van der Waals surface area contributed by atoms with Gasteiger partial charge in [-0.2, -0.15) is 10.1 Å². The summed E-state index contributed by atoms with van der Waals surface area (Å²) in [4.78, 5) is 29.5. The van der Waals surface area contributed by atoms with Gasteiger partial charge in [-0.25, -0.2) is 19.0 Å². The van der Waals surface area contributed by atoms with Crippen LogP contribution in [0.4, 0.5) is 14.7 Å². The first-order valence-corrected chi connectivity index (χ1v) is 9.30. The van der Waals surface area contributed by atoms with Crippen LogP contribution in [0.15, 0.2) is 63.2 Å². The Balaban J connectivity index is 1.80. The van der Waals surface area contributed by atoms with Crippen LogP contribution in [0.25, 0.3) is 11.2 Å². The second-order valence-corrected chi connectivity index (χ2v) is 6.95. The molecule has 8 nitrogen and oxygen atoms in total. The number of nitrogens with one attached hydrogen (secondary N) is 1. The molecular weight excluding hydrogens is 406 g/mol. The zero-order valence-corrected chi connectivity index (χ0v) is 16.7. The number of hydrazone groups is 1. The molecule has 0 radical (unpaired) electrons.